The Kier molecular flexibility index (Phi) is 5.26. The molecular formula is C23H26N2O5. The first kappa shape index (κ1) is 20.4. The number of likely N-dealkylation sites (tertiary alicyclic amines) is 1. The molecule has 1 fully saturated rings. The number of carbonyl (C=O) groups is 2. The normalized spacial score (nSPS) is 21.5. The monoisotopic (exact) mass is 410 g/mol. The fourth-order valence-electron chi connectivity index (χ4n) is 4.57. The number of nitrogens with zero attached hydrogens (tertiary/aromatic N) is 2. The Labute approximate surface area is 175 Å². The second-order valence-corrected chi connectivity index (χ2v) is 7.97. The standard InChI is InChI=1S/C23H26N2O5/c1-24-9-7-18(8-10-24)23(28)19-12-16(21(26)29-2)5-4-15(19)6-11-25-14-17(13-20(23)25)22(27)30-3/h4-6,11-14,18,28H,7-10H2,1-3H3. The lowest BCUT2D eigenvalue weighted by Crippen LogP contribution is -2.44. The van der Waals surface area contributed by atoms with Crippen molar-refractivity contribution < 1.29 is 24.2 Å². The summed E-state index contributed by atoms with van der Waals surface area (Å²) in [5, 5.41) is 12.3. The van der Waals surface area contributed by atoms with Crippen LogP contribution in [0.4, 0.5) is 0 Å². The molecule has 7 heteroatoms. The lowest BCUT2D eigenvalue weighted by Gasteiger charge is -2.41. The number of aliphatic hydroxyl groups is 1. The van der Waals surface area contributed by atoms with Crippen molar-refractivity contribution in [2.45, 2.75) is 18.4 Å². The molecule has 7 nitrogen and oxygen atoms in total. The Hall–Kier alpha value is -2.90. The van der Waals surface area contributed by atoms with Gasteiger partial charge in [-0.1, -0.05) is 6.07 Å². The van der Waals surface area contributed by atoms with Gasteiger partial charge in [0.05, 0.1) is 31.0 Å². The summed E-state index contributed by atoms with van der Waals surface area (Å²) in [6.45, 7) is 1.72. The number of benzene rings is 1. The third kappa shape index (κ3) is 3.24. The van der Waals surface area contributed by atoms with Crippen LogP contribution in [0.2, 0.25) is 0 Å². The third-order valence-electron chi connectivity index (χ3n) is 6.27. The Morgan fingerprint density at radius 1 is 1.07 bits per heavy atom. The molecule has 2 aliphatic rings. The van der Waals surface area contributed by atoms with E-state index in [1.165, 1.54) is 14.2 Å². The second kappa shape index (κ2) is 7.74. The van der Waals surface area contributed by atoms with Crippen LogP contribution in [0.3, 0.4) is 0 Å². The maximum Gasteiger partial charge on any atom is 0.339 e. The summed E-state index contributed by atoms with van der Waals surface area (Å²) in [5.41, 5.74) is 1.43. The molecular weight excluding hydrogens is 384 g/mol. The molecule has 2 aromatic rings. The SMILES string of the molecule is COC(=O)c1ccc2c(c1)C(O)(C1CCN(C)CC1)c1cc(C(=O)OC)cn1C=C2. The lowest BCUT2D eigenvalue weighted by molar-refractivity contribution is -0.0151. The fourth-order valence-corrected chi connectivity index (χ4v) is 4.57. The lowest BCUT2D eigenvalue weighted by atomic mass is 9.72. The van der Waals surface area contributed by atoms with Crippen LogP contribution in [-0.4, -0.2) is 60.9 Å². The van der Waals surface area contributed by atoms with Gasteiger partial charge in [0.1, 0.15) is 5.60 Å². The summed E-state index contributed by atoms with van der Waals surface area (Å²) in [6.07, 6.45) is 6.95. The maximum atomic E-state index is 12.3. The van der Waals surface area contributed by atoms with E-state index < -0.39 is 17.5 Å². The molecule has 1 N–H and O–H groups in total. The van der Waals surface area contributed by atoms with E-state index in [2.05, 4.69) is 11.9 Å². The van der Waals surface area contributed by atoms with Gasteiger partial charge in [-0.3, -0.25) is 0 Å². The van der Waals surface area contributed by atoms with Gasteiger partial charge in [0, 0.05) is 18.3 Å². The van der Waals surface area contributed by atoms with Crippen molar-refractivity contribution in [3.05, 3.63) is 58.4 Å². The second-order valence-electron chi connectivity index (χ2n) is 7.97. The van der Waals surface area contributed by atoms with Crippen LogP contribution in [0, 0.1) is 5.92 Å². The fraction of sp³-hybridized carbons (Fsp3) is 0.391. The molecule has 0 aliphatic carbocycles. The van der Waals surface area contributed by atoms with Crippen molar-refractivity contribution in [2.24, 2.45) is 5.92 Å². The highest BCUT2D eigenvalue weighted by Gasteiger charge is 2.45. The first-order valence-electron chi connectivity index (χ1n) is 10.0. The summed E-state index contributed by atoms with van der Waals surface area (Å²) < 4.78 is 11.6. The third-order valence-corrected chi connectivity index (χ3v) is 6.27. The molecule has 1 unspecified atom stereocenters. The van der Waals surface area contributed by atoms with E-state index in [0.717, 1.165) is 31.5 Å². The predicted molar refractivity (Wildman–Crippen MR) is 112 cm³/mol. The van der Waals surface area contributed by atoms with Gasteiger partial charge in [-0.2, -0.15) is 0 Å². The molecule has 3 heterocycles. The largest absolute Gasteiger partial charge is 0.465 e. The Balaban J connectivity index is 1.93. The van der Waals surface area contributed by atoms with Gasteiger partial charge in [0.2, 0.25) is 0 Å². The zero-order chi connectivity index (χ0) is 21.5. The number of rotatable bonds is 3. The van der Waals surface area contributed by atoms with E-state index >= 15 is 0 Å². The highest BCUT2D eigenvalue weighted by atomic mass is 16.5. The molecule has 4 rings (SSSR count). The van der Waals surface area contributed by atoms with Crippen molar-refractivity contribution in [3.63, 3.8) is 0 Å². The van der Waals surface area contributed by atoms with Gasteiger partial charge < -0.3 is 24.0 Å². The number of methoxy groups -OCH3 is 2. The minimum absolute atomic E-state index is 0.0839. The van der Waals surface area contributed by atoms with Crippen LogP contribution < -0.4 is 0 Å². The molecule has 0 bridgehead atoms. The molecule has 1 aromatic carbocycles. The number of fused-ring (bicyclic) bond motifs is 2. The number of piperidine rings is 1. The van der Waals surface area contributed by atoms with Gasteiger partial charge in [0.25, 0.3) is 0 Å². The van der Waals surface area contributed by atoms with Crippen LogP contribution in [0.25, 0.3) is 12.3 Å². The van der Waals surface area contributed by atoms with Crippen molar-refractivity contribution in [1.29, 1.82) is 0 Å². The summed E-state index contributed by atoms with van der Waals surface area (Å²) in [5.74, 6) is -1.000. The van der Waals surface area contributed by atoms with Gasteiger partial charge in [-0.05, 0) is 68.4 Å². The molecule has 158 valence electrons. The average Bonchev–Trinajstić information content (AvgIpc) is 3.17. The van der Waals surface area contributed by atoms with E-state index in [1.54, 1.807) is 29.0 Å². The van der Waals surface area contributed by atoms with Crippen molar-refractivity contribution in [2.75, 3.05) is 34.4 Å². The summed E-state index contributed by atoms with van der Waals surface area (Å²) in [6, 6.07) is 6.93. The number of esters is 2. The first-order valence-corrected chi connectivity index (χ1v) is 10.0. The molecule has 0 spiro atoms. The zero-order valence-corrected chi connectivity index (χ0v) is 17.4. The summed E-state index contributed by atoms with van der Waals surface area (Å²) in [7, 11) is 4.74. The molecule has 1 aromatic heterocycles. The summed E-state index contributed by atoms with van der Waals surface area (Å²) in [4.78, 5) is 26.6. The quantitative estimate of drug-likeness (QED) is 0.784. The molecule has 2 aliphatic heterocycles. The minimum atomic E-state index is -1.38. The van der Waals surface area contributed by atoms with E-state index in [4.69, 9.17) is 9.47 Å². The van der Waals surface area contributed by atoms with Crippen LogP contribution in [-0.2, 0) is 15.1 Å². The van der Waals surface area contributed by atoms with Crippen LogP contribution >= 0.6 is 0 Å². The first-order chi connectivity index (χ1) is 14.4. The van der Waals surface area contributed by atoms with Crippen LogP contribution in [0.15, 0.2) is 30.5 Å². The highest BCUT2D eigenvalue weighted by molar-refractivity contribution is 5.91. The Bertz CT molecular complexity index is 1020. The van der Waals surface area contributed by atoms with Gasteiger partial charge in [-0.25, -0.2) is 9.59 Å². The molecule has 0 radical (unpaired) electrons. The van der Waals surface area contributed by atoms with Gasteiger partial charge >= 0.3 is 11.9 Å². The molecule has 0 amide bonds. The number of ether oxygens (including phenoxy) is 2. The summed E-state index contributed by atoms with van der Waals surface area (Å²) >= 11 is 0. The van der Waals surface area contributed by atoms with Gasteiger partial charge in [-0.15, -0.1) is 0 Å². The Morgan fingerprint density at radius 2 is 1.73 bits per heavy atom. The van der Waals surface area contributed by atoms with Crippen LogP contribution in [0.5, 0.6) is 0 Å². The van der Waals surface area contributed by atoms with Crippen molar-refractivity contribution in [1.82, 2.24) is 9.47 Å². The topological polar surface area (TPSA) is 81.0 Å². The number of hydrogen-bond acceptors (Lipinski definition) is 6. The van der Waals surface area contributed by atoms with Crippen molar-refractivity contribution in [3.8, 4) is 0 Å². The highest BCUT2D eigenvalue weighted by Crippen LogP contribution is 2.45. The zero-order valence-electron chi connectivity index (χ0n) is 17.4. The number of carbonyl (C=O) groups excluding carboxylic acids is 2. The van der Waals surface area contributed by atoms with E-state index in [0.29, 0.717) is 22.4 Å². The Morgan fingerprint density at radius 3 is 2.40 bits per heavy atom. The van der Waals surface area contributed by atoms with E-state index in [1.807, 2.05) is 18.3 Å². The molecule has 1 atom stereocenters. The smallest absolute Gasteiger partial charge is 0.339 e. The minimum Gasteiger partial charge on any atom is -0.465 e. The van der Waals surface area contributed by atoms with E-state index in [9.17, 15) is 14.7 Å². The predicted octanol–water partition coefficient (Wildman–Crippen LogP) is 2.58. The van der Waals surface area contributed by atoms with Crippen LogP contribution in [0.1, 0.15) is 50.4 Å². The van der Waals surface area contributed by atoms with E-state index in [-0.39, 0.29) is 5.92 Å². The molecule has 0 saturated carbocycles. The maximum absolute atomic E-state index is 12.3. The van der Waals surface area contributed by atoms with Crippen molar-refractivity contribution >= 4 is 24.2 Å². The van der Waals surface area contributed by atoms with Gasteiger partial charge in [0.15, 0.2) is 0 Å². The number of aromatic nitrogens is 1. The average molecular weight is 410 g/mol. The number of hydrogen-bond donors (Lipinski definition) is 1. The molecule has 1 saturated heterocycles. The molecule has 30 heavy (non-hydrogen) atoms.